The number of hydrogen-bond acceptors (Lipinski definition) is 3. The Kier molecular flexibility index (Phi) is 6.62. The SMILES string of the molecule is CCC1CN(c2ccc(-c3ccc(CN(C)CCCF)cc3)c(F)c2)C(=O)O1. The molecule has 1 heterocycles. The maximum Gasteiger partial charge on any atom is 0.414 e. The number of benzene rings is 2. The van der Waals surface area contributed by atoms with Crippen LogP contribution in [0.5, 0.6) is 0 Å². The lowest BCUT2D eigenvalue weighted by Gasteiger charge is -2.16. The minimum atomic E-state index is -0.430. The number of amides is 1. The van der Waals surface area contributed by atoms with Gasteiger partial charge in [-0.15, -0.1) is 0 Å². The molecule has 28 heavy (non-hydrogen) atoms. The second kappa shape index (κ2) is 9.15. The molecule has 1 atom stereocenters. The molecular weight excluding hydrogens is 362 g/mol. The van der Waals surface area contributed by atoms with Crippen molar-refractivity contribution < 1.29 is 18.3 Å². The van der Waals surface area contributed by atoms with Gasteiger partial charge in [-0.3, -0.25) is 9.29 Å². The van der Waals surface area contributed by atoms with Gasteiger partial charge in [0.25, 0.3) is 0 Å². The number of carbonyl (C=O) groups excluding carboxylic acids is 1. The number of rotatable bonds is 8. The molecule has 0 radical (unpaired) electrons. The van der Waals surface area contributed by atoms with Crippen LogP contribution >= 0.6 is 0 Å². The lowest BCUT2D eigenvalue weighted by Crippen LogP contribution is -2.24. The Morgan fingerprint density at radius 2 is 1.96 bits per heavy atom. The zero-order valence-corrected chi connectivity index (χ0v) is 16.3. The number of cyclic esters (lactones) is 1. The van der Waals surface area contributed by atoms with Crippen LogP contribution < -0.4 is 4.90 Å². The van der Waals surface area contributed by atoms with Gasteiger partial charge in [0.05, 0.1) is 18.9 Å². The summed E-state index contributed by atoms with van der Waals surface area (Å²) in [6, 6.07) is 12.5. The molecular formula is C22H26F2N2O2. The highest BCUT2D eigenvalue weighted by Crippen LogP contribution is 2.29. The van der Waals surface area contributed by atoms with Crippen molar-refractivity contribution in [3.8, 4) is 11.1 Å². The standard InChI is InChI=1S/C22H26F2N2O2/c1-3-19-15-26(22(27)28-19)18-9-10-20(21(24)13-18)17-7-5-16(6-8-17)14-25(2)12-4-11-23/h5-10,13,19H,3-4,11-12,14-15H2,1-2H3. The molecule has 150 valence electrons. The van der Waals surface area contributed by atoms with E-state index in [0.29, 0.717) is 30.8 Å². The van der Waals surface area contributed by atoms with Gasteiger partial charge >= 0.3 is 6.09 Å². The van der Waals surface area contributed by atoms with Gasteiger partial charge in [0.1, 0.15) is 11.9 Å². The molecule has 6 heteroatoms. The summed E-state index contributed by atoms with van der Waals surface area (Å²) >= 11 is 0. The molecule has 0 aromatic heterocycles. The Bertz CT molecular complexity index is 811. The number of ether oxygens (including phenoxy) is 1. The van der Waals surface area contributed by atoms with Crippen LogP contribution in [0.1, 0.15) is 25.3 Å². The third-order valence-corrected chi connectivity index (χ3v) is 4.98. The summed E-state index contributed by atoms with van der Waals surface area (Å²) in [5, 5.41) is 0. The first-order valence-corrected chi connectivity index (χ1v) is 9.63. The highest BCUT2D eigenvalue weighted by Gasteiger charge is 2.31. The van der Waals surface area contributed by atoms with Crippen molar-refractivity contribution in [1.29, 1.82) is 0 Å². The predicted octanol–water partition coefficient (Wildman–Crippen LogP) is 5.02. The molecule has 2 aromatic carbocycles. The van der Waals surface area contributed by atoms with Gasteiger partial charge in [-0.2, -0.15) is 0 Å². The molecule has 1 unspecified atom stereocenters. The minimum Gasteiger partial charge on any atom is -0.444 e. The second-order valence-corrected chi connectivity index (χ2v) is 7.17. The number of nitrogens with zero attached hydrogens (tertiary/aromatic N) is 2. The molecule has 0 aliphatic carbocycles. The van der Waals surface area contributed by atoms with E-state index in [-0.39, 0.29) is 18.6 Å². The van der Waals surface area contributed by atoms with E-state index >= 15 is 0 Å². The highest BCUT2D eigenvalue weighted by molar-refractivity contribution is 5.90. The molecule has 0 bridgehead atoms. The van der Waals surface area contributed by atoms with Crippen molar-refractivity contribution in [2.45, 2.75) is 32.4 Å². The van der Waals surface area contributed by atoms with Crippen molar-refractivity contribution in [3.05, 3.63) is 53.8 Å². The smallest absolute Gasteiger partial charge is 0.414 e. The zero-order valence-electron chi connectivity index (χ0n) is 16.3. The second-order valence-electron chi connectivity index (χ2n) is 7.17. The first kappa shape index (κ1) is 20.3. The van der Waals surface area contributed by atoms with Gasteiger partial charge in [-0.05, 0) is 49.2 Å². The molecule has 1 aliphatic heterocycles. The maximum atomic E-state index is 14.7. The molecule has 1 saturated heterocycles. The van der Waals surface area contributed by atoms with E-state index in [1.165, 1.54) is 11.0 Å². The number of anilines is 1. The summed E-state index contributed by atoms with van der Waals surface area (Å²) in [6.07, 6.45) is 0.680. The average Bonchev–Trinajstić information content (AvgIpc) is 3.08. The van der Waals surface area contributed by atoms with Crippen LogP contribution in [0.15, 0.2) is 42.5 Å². The summed E-state index contributed by atoms with van der Waals surface area (Å²) in [6.45, 7) is 3.50. The van der Waals surface area contributed by atoms with Crippen LogP contribution in [-0.2, 0) is 11.3 Å². The fourth-order valence-corrected chi connectivity index (χ4v) is 3.36. The molecule has 0 spiro atoms. The van der Waals surface area contributed by atoms with Crippen LogP contribution in [0, 0.1) is 5.82 Å². The van der Waals surface area contributed by atoms with Crippen LogP contribution in [0.3, 0.4) is 0 Å². The fraction of sp³-hybridized carbons (Fsp3) is 0.409. The summed E-state index contributed by atoms with van der Waals surface area (Å²) in [5.41, 5.74) is 2.86. The Balaban J connectivity index is 1.71. The number of hydrogen-bond donors (Lipinski definition) is 0. The number of alkyl halides is 1. The Labute approximate surface area is 164 Å². The van der Waals surface area contributed by atoms with Crippen LogP contribution in [0.4, 0.5) is 19.3 Å². The van der Waals surface area contributed by atoms with Crippen molar-refractivity contribution in [3.63, 3.8) is 0 Å². The topological polar surface area (TPSA) is 32.8 Å². The van der Waals surface area contributed by atoms with Crippen molar-refractivity contribution >= 4 is 11.8 Å². The molecule has 1 aliphatic rings. The fourth-order valence-electron chi connectivity index (χ4n) is 3.36. The monoisotopic (exact) mass is 388 g/mol. The van der Waals surface area contributed by atoms with Gasteiger partial charge in [-0.1, -0.05) is 31.2 Å². The molecule has 0 N–H and O–H groups in total. The molecule has 4 nitrogen and oxygen atoms in total. The minimum absolute atomic E-state index is 0.147. The number of carbonyl (C=O) groups is 1. The molecule has 0 saturated carbocycles. The number of halogens is 2. The summed E-state index contributed by atoms with van der Waals surface area (Å²) in [7, 11) is 1.95. The molecule has 2 aromatic rings. The average molecular weight is 388 g/mol. The van der Waals surface area contributed by atoms with E-state index in [1.807, 2.05) is 38.2 Å². The van der Waals surface area contributed by atoms with Gasteiger partial charge in [0, 0.05) is 18.7 Å². The lowest BCUT2D eigenvalue weighted by atomic mass is 10.0. The molecule has 1 amide bonds. The Morgan fingerprint density at radius 3 is 2.57 bits per heavy atom. The van der Waals surface area contributed by atoms with Gasteiger partial charge in [0.15, 0.2) is 0 Å². The lowest BCUT2D eigenvalue weighted by molar-refractivity contribution is 0.139. The van der Waals surface area contributed by atoms with Crippen molar-refractivity contribution in [2.24, 2.45) is 0 Å². The van der Waals surface area contributed by atoms with E-state index in [2.05, 4.69) is 4.90 Å². The predicted molar refractivity (Wildman–Crippen MR) is 107 cm³/mol. The van der Waals surface area contributed by atoms with E-state index < -0.39 is 6.09 Å². The van der Waals surface area contributed by atoms with Gasteiger partial charge in [-0.25, -0.2) is 9.18 Å². The summed E-state index contributed by atoms with van der Waals surface area (Å²) < 4.78 is 32.2. The van der Waals surface area contributed by atoms with Gasteiger partial charge in [0.2, 0.25) is 0 Å². The Morgan fingerprint density at radius 1 is 1.21 bits per heavy atom. The van der Waals surface area contributed by atoms with E-state index in [1.54, 1.807) is 12.1 Å². The largest absolute Gasteiger partial charge is 0.444 e. The summed E-state index contributed by atoms with van der Waals surface area (Å²) in [4.78, 5) is 15.5. The van der Waals surface area contributed by atoms with Gasteiger partial charge < -0.3 is 9.64 Å². The summed E-state index contributed by atoms with van der Waals surface area (Å²) in [5.74, 6) is -0.377. The normalized spacial score (nSPS) is 16.7. The molecule has 1 fully saturated rings. The van der Waals surface area contributed by atoms with Crippen LogP contribution in [0.2, 0.25) is 0 Å². The highest BCUT2D eigenvalue weighted by atomic mass is 19.1. The van der Waals surface area contributed by atoms with Crippen molar-refractivity contribution in [1.82, 2.24) is 4.90 Å². The molecule has 3 rings (SSSR count). The van der Waals surface area contributed by atoms with E-state index in [4.69, 9.17) is 4.74 Å². The maximum absolute atomic E-state index is 14.7. The quantitative estimate of drug-likeness (QED) is 0.637. The van der Waals surface area contributed by atoms with Crippen molar-refractivity contribution in [2.75, 3.05) is 31.7 Å². The third-order valence-electron chi connectivity index (χ3n) is 4.98. The van der Waals surface area contributed by atoms with Crippen LogP contribution in [0.25, 0.3) is 11.1 Å². The van der Waals surface area contributed by atoms with E-state index in [9.17, 15) is 13.6 Å². The zero-order chi connectivity index (χ0) is 20.1. The van der Waals surface area contributed by atoms with Crippen LogP contribution in [-0.4, -0.2) is 43.9 Å². The first-order valence-electron chi connectivity index (χ1n) is 9.63. The third kappa shape index (κ3) is 4.68. The first-order chi connectivity index (χ1) is 13.5. The van der Waals surface area contributed by atoms with E-state index in [0.717, 1.165) is 24.1 Å². The Hall–Kier alpha value is -2.47.